The molecule has 0 spiro atoms. The molecule has 0 saturated heterocycles. The van der Waals surface area contributed by atoms with Gasteiger partial charge in [-0.15, -0.1) is 0 Å². The molecule has 0 aromatic heterocycles. The largest absolute Gasteiger partial charge is 0.493 e. The van der Waals surface area contributed by atoms with Crippen LogP contribution in [0.1, 0.15) is 22.3 Å². The molecular formula is C20H21ClN2O3. The maximum absolute atomic E-state index is 12.4. The van der Waals surface area contributed by atoms with Gasteiger partial charge in [0.05, 0.1) is 17.2 Å². The molecule has 2 N–H and O–H groups in total. The molecule has 1 aliphatic heterocycles. The highest BCUT2D eigenvalue weighted by atomic mass is 35.5. The molecule has 0 fully saturated rings. The Balaban J connectivity index is 1.46. The van der Waals surface area contributed by atoms with E-state index >= 15 is 0 Å². The van der Waals surface area contributed by atoms with E-state index in [1.54, 1.807) is 24.3 Å². The number of amides is 2. The second-order valence-electron chi connectivity index (χ2n) is 6.17. The summed E-state index contributed by atoms with van der Waals surface area (Å²) in [5, 5.41) is 6.06. The van der Waals surface area contributed by atoms with E-state index in [0.717, 1.165) is 11.3 Å². The summed E-state index contributed by atoms with van der Waals surface area (Å²) in [5.74, 6) is 0.465. The van der Waals surface area contributed by atoms with E-state index in [0.29, 0.717) is 43.1 Å². The van der Waals surface area contributed by atoms with Gasteiger partial charge in [0.1, 0.15) is 5.75 Å². The van der Waals surface area contributed by atoms with Gasteiger partial charge in [-0.25, -0.2) is 0 Å². The highest BCUT2D eigenvalue weighted by Crippen LogP contribution is 2.26. The van der Waals surface area contributed by atoms with Gasteiger partial charge in [0.25, 0.3) is 5.91 Å². The van der Waals surface area contributed by atoms with Crippen LogP contribution in [0.3, 0.4) is 0 Å². The van der Waals surface area contributed by atoms with Crippen LogP contribution in [0.4, 0.5) is 0 Å². The Morgan fingerprint density at radius 3 is 2.62 bits per heavy atom. The SMILES string of the molecule is O=C(NCCNC(=O)C1CCOc2ccccc2C1)c1ccccc1Cl. The zero-order chi connectivity index (χ0) is 18.4. The van der Waals surface area contributed by atoms with Gasteiger partial charge >= 0.3 is 0 Å². The fraction of sp³-hybridized carbons (Fsp3) is 0.300. The molecule has 1 unspecified atom stereocenters. The highest BCUT2D eigenvalue weighted by Gasteiger charge is 2.23. The number of hydrogen-bond acceptors (Lipinski definition) is 3. The van der Waals surface area contributed by atoms with E-state index in [4.69, 9.17) is 16.3 Å². The molecule has 1 heterocycles. The normalized spacial score (nSPS) is 16.0. The molecule has 2 aromatic rings. The van der Waals surface area contributed by atoms with Gasteiger partial charge in [-0.3, -0.25) is 9.59 Å². The minimum atomic E-state index is -0.248. The van der Waals surface area contributed by atoms with E-state index in [2.05, 4.69) is 10.6 Å². The highest BCUT2D eigenvalue weighted by molar-refractivity contribution is 6.33. The van der Waals surface area contributed by atoms with Gasteiger partial charge in [0, 0.05) is 19.0 Å². The van der Waals surface area contributed by atoms with Crippen molar-refractivity contribution < 1.29 is 14.3 Å². The first-order chi connectivity index (χ1) is 12.6. The van der Waals surface area contributed by atoms with Crippen LogP contribution in [-0.2, 0) is 11.2 Å². The Morgan fingerprint density at radius 2 is 1.77 bits per heavy atom. The van der Waals surface area contributed by atoms with Gasteiger partial charge < -0.3 is 15.4 Å². The summed E-state index contributed by atoms with van der Waals surface area (Å²) in [5.41, 5.74) is 1.48. The summed E-state index contributed by atoms with van der Waals surface area (Å²) in [6.45, 7) is 1.24. The van der Waals surface area contributed by atoms with Crippen LogP contribution in [-0.4, -0.2) is 31.5 Å². The van der Waals surface area contributed by atoms with Crippen molar-refractivity contribution in [2.75, 3.05) is 19.7 Å². The number of benzene rings is 2. The summed E-state index contributed by atoms with van der Waals surface area (Å²) >= 11 is 6.00. The molecule has 0 saturated carbocycles. The predicted octanol–water partition coefficient (Wildman–Crippen LogP) is 2.83. The molecule has 136 valence electrons. The minimum Gasteiger partial charge on any atom is -0.493 e. The predicted molar refractivity (Wildman–Crippen MR) is 101 cm³/mol. The van der Waals surface area contributed by atoms with Crippen LogP contribution in [0, 0.1) is 5.92 Å². The Bertz CT molecular complexity index is 794. The van der Waals surface area contributed by atoms with E-state index in [9.17, 15) is 9.59 Å². The average molecular weight is 373 g/mol. The van der Waals surface area contributed by atoms with Crippen LogP contribution in [0.25, 0.3) is 0 Å². The first-order valence-corrected chi connectivity index (χ1v) is 9.04. The Morgan fingerprint density at radius 1 is 1.04 bits per heavy atom. The summed E-state index contributed by atoms with van der Waals surface area (Å²) in [4.78, 5) is 24.5. The Hall–Kier alpha value is -2.53. The molecule has 3 rings (SSSR count). The lowest BCUT2D eigenvalue weighted by Gasteiger charge is -2.14. The molecule has 6 heteroatoms. The lowest BCUT2D eigenvalue weighted by atomic mass is 9.96. The van der Waals surface area contributed by atoms with Crippen molar-refractivity contribution >= 4 is 23.4 Å². The molecule has 26 heavy (non-hydrogen) atoms. The van der Waals surface area contributed by atoms with Gasteiger partial charge in [0.15, 0.2) is 0 Å². The topological polar surface area (TPSA) is 67.4 Å². The fourth-order valence-electron chi connectivity index (χ4n) is 2.96. The molecule has 1 aliphatic rings. The number of hydrogen-bond donors (Lipinski definition) is 2. The second-order valence-corrected chi connectivity index (χ2v) is 6.58. The van der Waals surface area contributed by atoms with E-state index < -0.39 is 0 Å². The summed E-state index contributed by atoms with van der Waals surface area (Å²) in [6, 6.07) is 14.7. The molecule has 0 bridgehead atoms. The van der Waals surface area contributed by atoms with Crippen molar-refractivity contribution in [3.63, 3.8) is 0 Å². The average Bonchev–Trinajstić information content (AvgIpc) is 2.87. The quantitative estimate of drug-likeness (QED) is 0.793. The molecule has 0 radical (unpaired) electrons. The van der Waals surface area contributed by atoms with Crippen molar-refractivity contribution in [2.24, 2.45) is 5.92 Å². The van der Waals surface area contributed by atoms with Crippen molar-refractivity contribution in [3.05, 3.63) is 64.7 Å². The third-order valence-electron chi connectivity index (χ3n) is 4.36. The maximum atomic E-state index is 12.4. The Kier molecular flexibility index (Phi) is 6.12. The van der Waals surface area contributed by atoms with Gasteiger partial charge in [-0.2, -0.15) is 0 Å². The number of carbonyl (C=O) groups is 2. The lowest BCUT2D eigenvalue weighted by molar-refractivity contribution is -0.125. The van der Waals surface area contributed by atoms with Gasteiger partial charge in [-0.05, 0) is 36.6 Å². The maximum Gasteiger partial charge on any atom is 0.252 e. The van der Waals surface area contributed by atoms with Crippen molar-refractivity contribution in [2.45, 2.75) is 12.8 Å². The first-order valence-electron chi connectivity index (χ1n) is 8.66. The molecule has 1 atom stereocenters. The van der Waals surface area contributed by atoms with Crippen LogP contribution >= 0.6 is 11.6 Å². The number of halogens is 1. The molecule has 2 amide bonds. The first kappa shape index (κ1) is 18.3. The monoisotopic (exact) mass is 372 g/mol. The fourth-order valence-corrected chi connectivity index (χ4v) is 3.18. The van der Waals surface area contributed by atoms with Crippen LogP contribution in [0.2, 0.25) is 5.02 Å². The van der Waals surface area contributed by atoms with Gasteiger partial charge in [0.2, 0.25) is 5.91 Å². The number of nitrogens with one attached hydrogen (secondary N) is 2. The number of fused-ring (bicyclic) bond motifs is 1. The number of para-hydroxylation sites is 1. The third kappa shape index (κ3) is 4.55. The van der Waals surface area contributed by atoms with Crippen LogP contribution in [0.5, 0.6) is 5.75 Å². The van der Waals surface area contributed by atoms with E-state index in [-0.39, 0.29) is 17.7 Å². The van der Waals surface area contributed by atoms with Crippen LogP contribution < -0.4 is 15.4 Å². The molecule has 2 aromatic carbocycles. The summed E-state index contributed by atoms with van der Waals surface area (Å²) in [6.07, 6.45) is 1.33. The lowest BCUT2D eigenvalue weighted by Crippen LogP contribution is -2.38. The zero-order valence-corrected chi connectivity index (χ0v) is 15.1. The van der Waals surface area contributed by atoms with Crippen molar-refractivity contribution in [3.8, 4) is 5.75 Å². The number of ether oxygens (including phenoxy) is 1. The minimum absolute atomic E-state index is 0.0164. The summed E-state index contributed by atoms with van der Waals surface area (Å²) in [7, 11) is 0. The van der Waals surface area contributed by atoms with Gasteiger partial charge in [-0.1, -0.05) is 41.9 Å². The third-order valence-corrected chi connectivity index (χ3v) is 4.69. The summed E-state index contributed by atoms with van der Waals surface area (Å²) < 4.78 is 5.70. The van der Waals surface area contributed by atoms with E-state index in [1.807, 2.05) is 24.3 Å². The molecule has 5 nitrogen and oxygen atoms in total. The van der Waals surface area contributed by atoms with Crippen LogP contribution in [0.15, 0.2) is 48.5 Å². The smallest absolute Gasteiger partial charge is 0.252 e. The van der Waals surface area contributed by atoms with E-state index in [1.165, 1.54) is 0 Å². The number of rotatable bonds is 5. The molecular weight excluding hydrogens is 352 g/mol. The Labute approximate surface area is 157 Å². The van der Waals surface area contributed by atoms with Crippen molar-refractivity contribution in [1.82, 2.24) is 10.6 Å². The van der Waals surface area contributed by atoms with Crippen molar-refractivity contribution in [1.29, 1.82) is 0 Å². The zero-order valence-electron chi connectivity index (χ0n) is 14.3. The molecule has 0 aliphatic carbocycles. The standard InChI is InChI=1S/C20H21ClN2O3/c21-17-7-3-2-6-16(17)20(25)23-11-10-22-19(24)15-9-12-26-18-8-4-1-5-14(18)13-15/h1-8,15H,9-13H2,(H,22,24)(H,23,25). The second kappa shape index (κ2) is 8.72. The number of carbonyl (C=O) groups excluding carboxylic acids is 2.